The number of rotatable bonds is 3. The maximum absolute atomic E-state index is 12.4. The van der Waals surface area contributed by atoms with Gasteiger partial charge in [0.15, 0.2) is 11.4 Å². The van der Waals surface area contributed by atoms with E-state index in [0.29, 0.717) is 12.2 Å². The summed E-state index contributed by atoms with van der Waals surface area (Å²) in [5, 5.41) is 4.74. The Bertz CT molecular complexity index is 1960. The van der Waals surface area contributed by atoms with Gasteiger partial charge < -0.3 is 9.88 Å². The number of ketones is 2. The summed E-state index contributed by atoms with van der Waals surface area (Å²) in [6, 6.07) is 22.1. The molecule has 2 aliphatic carbocycles. The van der Waals surface area contributed by atoms with Gasteiger partial charge in [-0.1, -0.05) is 92.2 Å². The third-order valence-electron chi connectivity index (χ3n) is 7.77. The number of benzene rings is 3. The summed E-state index contributed by atoms with van der Waals surface area (Å²) < 4.78 is 1.72. The molecule has 0 radical (unpaired) electrons. The zero-order valence-corrected chi connectivity index (χ0v) is 25.3. The molecule has 8 heteroatoms. The number of aryl methyl sites for hydroxylation is 1. The summed E-state index contributed by atoms with van der Waals surface area (Å²) >= 11 is 0. The van der Waals surface area contributed by atoms with Gasteiger partial charge in [-0.25, -0.2) is 15.0 Å². The molecule has 0 aliphatic heterocycles. The number of nitrogens with zero attached hydrogens (tertiary/aromatic N) is 4. The summed E-state index contributed by atoms with van der Waals surface area (Å²) in [4.78, 5) is 47.9. The molecule has 8 nitrogen and oxygen atoms in total. The molecule has 44 heavy (non-hydrogen) atoms. The van der Waals surface area contributed by atoms with Crippen molar-refractivity contribution in [1.29, 1.82) is 0 Å². The van der Waals surface area contributed by atoms with E-state index in [1.54, 1.807) is 23.2 Å². The van der Waals surface area contributed by atoms with Crippen LogP contribution in [0.25, 0.3) is 34.4 Å². The van der Waals surface area contributed by atoms with Crippen molar-refractivity contribution in [2.75, 3.05) is 6.54 Å². The summed E-state index contributed by atoms with van der Waals surface area (Å²) in [5.41, 5.74) is 6.55. The zero-order valence-electron chi connectivity index (χ0n) is 25.3. The summed E-state index contributed by atoms with van der Waals surface area (Å²) in [7, 11) is 0. The molecule has 2 atom stereocenters. The highest BCUT2D eigenvalue weighted by Crippen LogP contribution is 2.27. The fourth-order valence-electron chi connectivity index (χ4n) is 5.50. The van der Waals surface area contributed by atoms with Crippen LogP contribution < -0.4 is 15.8 Å². The molecular formula is C36H35N5O3. The molecule has 0 spiro atoms. The number of carbonyl (C=O) groups excluding carboxylic acids is 3. The lowest BCUT2D eigenvalue weighted by atomic mass is 9.79. The van der Waals surface area contributed by atoms with Gasteiger partial charge in [0, 0.05) is 23.9 Å². The molecule has 0 fully saturated rings. The first kappa shape index (κ1) is 30.2. The van der Waals surface area contributed by atoms with E-state index < -0.39 is 0 Å². The Morgan fingerprint density at radius 3 is 2.32 bits per heavy atom. The van der Waals surface area contributed by atoms with Crippen LogP contribution in [0.5, 0.6) is 0 Å². The highest BCUT2D eigenvalue weighted by Gasteiger charge is 2.27. The normalized spacial score (nSPS) is 16.0. The Kier molecular flexibility index (Phi) is 9.19. The SMILES string of the molecule is CC1C=c2c(ccc3c2=CC(=O)c2ccccc2-3)C(C)C1=O.CCNC(=O)Cn1cnc2ncncc21.Cc1ccccc1. The second-order valence-electron chi connectivity index (χ2n) is 10.9. The quantitative estimate of drug-likeness (QED) is 0.337. The van der Waals surface area contributed by atoms with E-state index >= 15 is 0 Å². The van der Waals surface area contributed by atoms with E-state index in [0.717, 1.165) is 38.2 Å². The van der Waals surface area contributed by atoms with Crippen molar-refractivity contribution >= 4 is 40.8 Å². The van der Waals surface area contributed by atoms with Gasteiger partial charge in [-0.3, -0.25) is 14.4 Å². The lowest BCUT2D eigenvalue weighted by Crippen LogP contribution is -2.40. The first-order valence-electron chi connectivity index (χ1n) is 14.7. The Morgan fingerprint density at radius 2 is 1.61 bits per heavy atom. The molecule has 7 rings (SSSR count). The van der Waals surface area contributed by atoms with E-state index in [4.69, 9.17) is 0 Å². The number of likely N-dealkylation sites (N-methyl/N-ethyl adjacent to an activating group) is 1. The number of imidazole rings is 1. The fourth-order valence-corrected chi connectivity index (χ4v) is 5.50. The van der Waals surface area contributed by atoms with Crippen molar-refractivity contribution in [2.24, 2.45) is 5.92 Å². The molecule has 0 saturated heterocycles. The molecular weight excluding hydrogens is 550 g/mol. The molecule has 0 saturated carbocycles. The van der Waals surface area contributed by atoms with Crippen LogP contribution in [-0.2, 0) is 16.1 Å². The molecule has 5 aromatic rings. The molecule has 222 valence electrons. The second kappa shape index (κ2) is 13.4. The van der Waals surface area contributed by atoms with Crippen molar-refractivity contribution in [2.45, 2.75) is 40.2 Å². The van der Waals surface area contributed by atoms with E-state index in [2.05, 4.69) is 39.3 Å². The van der Waals surface area contributed by atoms with Crippen LogP contribution in [0.15, 0.2) is 85.6 Å². The van der Waals surface area contributed by atoms with Crippen LogP contribution in [-0.4, -0.2) is 43.5 Å². The highest BCUT2D eigenvalue weighted by atomic mass is 16.2. The Balaban J connectivity index is 0.000000150. The molecule has 1 amide bonds. The lowest BCUT2D eigenvalue weighted by molar-refractivity contribution is -0.122. The van der Waals surface area contributed by atoms with Gasteiger partial charge in [0.2, 0.25) is 5.91 Å². The number of carbonyl (C=O) groups is 3. The zero-order chi connectivity index (χ0) is 31.2. The predicted molar refractivity (Wildman–Crippen MR) is 172 cm³/mol. The minimum Gasteiger partial charge on any atom is -0.355 e. The fraction of sp³-hybridized carbons (Fsp3) is 0.222. The first-order chi connectivity index (χ1) is 21.3. The number of aromatic nitrogens is 4. The van der Waals surface area contributed by atoms with Gasteiger partial charge in [-0.05, 0) is 47.1 Å². The van der Waals surface area contributed by atoms with Crippen LogP contribution in [0.3, 0.4) is 0 Å². The monoisotopic (exact) mass is 585 g/mol. The number of Topliss-reactive ketones (excluding diaryl/α,β-unsaturated/α-hetero) is 2. The predicted octanol–water partition coefficient (Wildman–Crippen LogP) is 4.39. The van der Waals surface area contributed by atoms with Crippen molar-refractivity contribution in [1.82, 2.24) is 24.8 Å². The molecule has 2 heterocycles. The lowest BCUT2D eigenvalue weighted by Gasteiger charge is -2.23. The number of hydrogen-bond acceptors (Lipinski definition) is 6. The highest BCUT2D eigenvalue weighted by molar-refractivity contribution is 6.22. The average Bonchev–Trinajstić information content (AvgIpc) is 3.44. The van der Waals surface area contributed by atoms with Gasteiger partial charge in [-0.2, -0.15) is 0 Å². The van der Waals surface area contributed by atoms with Crippen molar-refractivity contribution < 1.29 is 14.4 Å². The standard InChI is InChI=1S/C20H16O2.C9H11N5O.C7H8/c1-11-9-17-13(12(2)20(11)22)7-8-15-14-5-3-4-6-16(14)19(21)10-18(15)17;1-2-11-8(15)4-14-6-13-9-7(14)3-10-5-12-9;1-7-5-3-2-4-6-7/h3-12H,1-2H3;3,5-6H,2,4H2,1H3,(H,11,15);2-6H,1H3. The minimum atomic E-state index is -0.110. The van der Waals surface area contributed by atoms with E-state index in [9.17, 15) is 14.4 Å². The first-order valence-corrected chi connectivity index (χ1v) is 14.7. The van der Waals surface area contributed by atoms with Gasteiger partial charge in [0.25, 0.3) is 0 Å². The van der Waals surface area contributed by atoms with E-state index in [1.807, 2.05) is 81.4 Å². The van der Waals surface area contributed by atoms with Crippen LogP contribution in [0, 0.1) is 12.8 Å². The van der Waals surface area contributed by atoms with Crippen molar-refractivity contribution in [3.05, 3.63) is 113 Å². The summed E-state index contributed by atoms with van der Waals surface area (Å²) in [5.74, 6) is 0.0355. The molecule has 1 N–H and O–H groups in total. The second-order valence-corrected chi connectivity index (χ2v) is 10.9. The smallest absolute Gasteiger partial charge is 0.239 e. The molecule has 2 unspecified atom stereocenters. The number of amides is 1. The Morgan fingerprint density at radius 1 is 0.886 bits per heavy atom. The maximum atomic E-state index is 12.4. The maximum Gasteiger partial charge on any atom is 0.239 e. The van der Waals surface area contributed by atoms with Crippen LogP contribution in [0.2, 0.25) is 0 Å². The minimum absolute atomic E-state index is 0.0411. The van der Waals surface area contributed by atoms with Crippen LogP contribution >= 0.6 is 0 Å². The third kappa shape index (κ3) is 6.39. The number of fused-ring (bicyclic) bond motifs is 6. The van der Waals surface area contributed by atoms with Gasteiger partial charge in [0.1, 0.15) is 24.2 Å². The molecule has 2 aromatic heterocycles. The van der Waals surface area contributed by atoms with Gasteiger partial charge in [0.05, 0.1) is 12.5 Å². The Labute approximate surface area is 256 Å². The van der Waals surface area contributed by atoms with Gasteiger partial charge >= 0.3 is 0 Å². The number of hydrogen-bond donors (Lipinski definition) is 1. The average molecular weight is 586 g/mol. The molecule has 3 aromatic carbocycles. The summed E-state index contributed by atoms with van der Waals surface area (Å²) in [6.45, 7) is 8.72. The van der Waals surface area contributed by atoms with Crippen molar-refractivity contribution in [3.63, 3.8) is 0 Å². The Hall–Kier alpha value is -5.24. The number of nitrogens with one attached hydrogen (secondary N) is 1. The largest absolute Gasteiger partial charge is 0.355 e. The third-order valence-corrected chi connectivity index (χ3v) is 7.77. The van der Waals surface area contributed by atoms with Gasteiger partial charge in [-0.15, -0.1) is 0 Å². The molecule has 0 bridgehead atoms. The van der Waals surface area contributed by atoms with Crippen LogP contribution in [0.1, 0.15) is 48.2 Å². The van der Waals surface area contributed by atoms with E-state index in [-0.39, 0.29) is 35.9 Å². The van der Waals surface area contributed by atoms with E-state index in [1.165, 1.54) is 11.9 Å². The molecule has 2 aliphatic rings. The van der Waals surface area contributed by atoms with Crippen molar-refractivity contribution in [3.8, 4) is 11.1 Å². The van der Waals surface area contributed by atoms with Crippen LogP contribution in [0.4, 0.5) is 0 Å². The summed E-state index contributed by atoms with van der Waals surface area (Å²) in [6.07, 6.45) is 8.41. The topological polar surface area (TPSA) is 107 Å².